The summed E-state index contributed by atoms with van der Waals surface area (Å²) in [5.74, 6) is 0.900. The lowest BCUT2D eigenvalue weighted by atomic mass is 10.1. The Kier molecular flexibility index (Phi) is 4.63. The highest BCUT2D eigenvalue weighted by Gasteiger charge is 2.05. The fraction of sp³-hybridized carbons (Fsp3) is 0.143. The quantitative estimate of drug-likeness (QED) is 0.396. The summed E-state index contributed by atoms with van der Waals surface area (Å²) in [5.41, 5.74) is 1.27. The first kappa shape index (κ1) is 15.6. The molecule has 23 heavy (non-hydrogen) atoms. The average Bonchev–Trinajstić information content (AvgIpc) is 3.06. The Morgan fingerprint density at radius 2 is 1.48 bits per heavy atom. The van der Waals surface area contributed by atoms with Crippen LogP contribution < -0.4 is 4.74 Å². The summed E-state index contributed by atoms with van der Waals surface area (Å²) in [4.78, 5) is 1.31. The molecule has 116 valence electrons. The normalized spacial score (nSPS) is 10.4. The Morgan fingerprint density at radius 3 is 2.26 bits per heavy atom. The molecule has 0 amide bonds. The molecule has 0 radical (unpaired) electrons. The molecule has 4 rings (SSSR count). The van der Waals surface area contributed by atoms with Gasteiger partial charge in [-0.05, 0) is 52.1 Å². The van der Waals surface area contributed by atoms with Gasteiger partial charge in [-0.1, -0.05) is 50.2 Å². The molecule has 4 aromatic rings. The Labute approximate surface area is 141 Å². The van der Waals surface area contributed by atoms with E-state index in [-0.39, 0.29) is 0 Å². The molecule has 0 bridgehead atoms. The first-order valence-corrected chi connectivity index (χ1v) is 8.72. The van der Waals surface area contributed by atoms with Crippen LogP contribution in [-0.2, 0) is 0 Å². The molecule has 1 nitrogen and oxygen atoms in total. The van der Waals surface area contributed by atoms with Crippen molar-refractivity contribution in [1.82, 2.24) is 0 Å². The van der Waals surface area contributed by atoms with E-state index in [1.54, 1.807) is 7.11 Å². The monoisotopic (exact) mass is 320 g/mol. The zero-order valence-electron chi connectivity index (χ0n) is 13.7. The highest BCUT2D eigenvalue weighted by atomic mass is 32.1. The highest BCUT2D eigenvalue weighted by molar-refractivity contribution is 7.22. The second kappa shape index (κ2) is 6.84. The van der Waals surface area contributed by atoms with Crippen molar-refractivity contribution < 1.29 is 4.74 Å². The van der Waals surface area contributed by atoms with E-state index in [0.717, 1.165) is 5.75 Å². The minimum atomic E-state index is 0.900. The number of benzene rings is 3. The van der Waals surface area contributed by atoms with Gasteiger partial charge in [-0.15, -0.1) is 11.3 Å². The molecule has 0 aliphatic heterocycles. The molecule has 2 heteroatoms. The molecule has 0 atom stereocenters. The third-order valence-electron chi connectivity index (χ3n) is 3.76. The van der Waals surface area contributed by atoms with E-state index in [9.17, 15) is 0 Å². The fourth-order valence-corrected chi connectivity index (χ4v) is 3.69. The van der Waals surface area contributed by atoms with E-state index in [1.807, 2.05) is 31.3 Å². The standard InChI is InChI=1S/C19H14OS.C2H6/c1-20-17-9-8-13-10-16(7-6-14(13)11-17)19-12-15-4-2-3-5-18(15)21-19;1-2/h2-12H,1H3;1-2H3. The van der Waals surface area contributed by atoms with Crippen molar-refractivity contribution in [3.05, 3.63) is 66.7 Å². The van der Waals surface area contributed by atoms with Crippen molar-refractivity contribution in [2.75, 3.05) is 7.11 Å². The second-order valence-corrected chi connectivity index (χ2v) is 6.16. The minimum absolute atomic E-state index is 0.900. The molecule has 0 unspecified atom stereocenters. The topological polar surface area (TPSA) is 9.23 Å². The van der Waals surface area contributed by atoms with E-state index in [1.165, 1.54) is 31.3 Å². The van der Waals surface area contributed by atoms with Gasteiger partial charge in [0.15, 0.2) is 0 Å². The van der Waals surface area contributed by atoms with Crippen LogP contribution in [0.2, 0.25) is 0 Å². The smallest absolute Gasteiger partial charge is 0.119 e. The van der Waals surface area contributed by atoms with Crippen LogP contribution in [0.1, 0.15) is 13.8 Å². The van der Waals surface area contributed by atoms with Crippen LogP contribution in [0.25, 0.3) is 31.3 Å². The van der Waals surface area contributed by atoms with Crippen LogP contribution in [0.5, 0.6) is 5.75 Å². The lowest BCUT2D eigenvalue weighted by Gasteiger charge is -2.04. The van der Waals surface area contributed by atoms with Gasteiger partial charge in [0.05, 0.1) is 7.11 Å². The molecule has 0 spiro atoms. The van der Waals surface area contributed by atoms with Crippen molar-refractivity contribution in [2.24, 2.45) is 0 Å². The van der Waals surface area contributed by atoms with Gasteiger partial charge >= 0.3 is 0 Å². The number of fused-ring (bicyclic) bond motifs is 2. The van der Waals surface area contributed by atoms with E-state index in [0.29, 0.717) is 0 Å². The Bertz CT molecular complexity index is 904. The predicted molar refractivity (Wildman–Crippen MR) is 103 cm³/mol. The SMILES string of the molecule is CC.COc1ccc2cc(-c3cc4ccccc4s3)ccc2c1. The molecular weight excluding hydrogens is 300 g/mol. The van der Waals surface area contributed by atoms with Crippen LogP contribution in [0, 0.1) is 0 Å². The second-order valence-electron chi connectivity index (χ2n) is 5.08. The zero-order valence-corrected chi connectivity index (χ0v) is 14.5. The lowest BCUT2D eigenvalue weighted by molar-refractivity contribution is 0.415. The summed E-state index contributed by atoms with van der Waals surface area (Å²) in [6.45, 7) is 4.00. The highest BCUT2D eigenvalue weighted by Crippen LogP contribution is 2.35. The maximum Gasteiger partial charge on any atom is 0.119 e. The Balaban J connectivity index is 0.000000753. The zero-order chi connectivity index (χ0) is 16.2. The summed E-state index contributed by atoms with van der Waals surface area (Å²) < 4.78 is 6.61. The summed E-state index contributed by atoms with van der Waals surface area (Å²) in [6.07, 6.45) is 0. The molecule has 1 aromatic heterocycles. The van der Waals surface area contributed by atoms with E-state index in [2.05, 4.69) is 60.7 Å². The number of hydrogen-bond donors (Lipinski definition) is 0. The van der Waals surface area contributed by atoms with Crippen LogP contribution >= 0.6 is 11.3 Å². The molecule has 1 heterocycles. The number of hydrogen-bond acceptors (Lipinski definition) is 2. The van der Waals surface area contributed by atoms with Gasteiger partial charge in [0.25, 0.3) is 0 Å². The molecule has 0 aliphatic rings. The van der Waals surface area contributed by atoms with Gasteiger partial charge in [-0.25, -0.2) is 0 Å². The Morgan fingerprint density at radius 1 is 0.739 bits per heavy atom. The van der Waals surface area contributed by atoms with Crippen LogP contribution in [0.3, 0.4) is 0 Å². The molecule has 0 saturated heterocycles. The summed E-state index contributed by atoms with van der Waals surface area (Å²) in [5, 5.41) is 3.76. The maximum absolute atomic E-state index is 5.28. The van der Waals surface area contributed by atoms with E-state index in [4.69, 9.17) is 4.74 Å². The average molecular weight is 320 g/mol. The van der Waals surface area contributed by atoms with Gasteiger partial charge in [-0.3, -0.25) is 0 Å². The van der Waals surface area contributed by atoms with E-state index < -0.39 is 0 Å². The van der Waals surface area contributed by atoms with Crippen molar-refractivity contribution in [1.29, 1.82) is 0 Å². The predicted octanol–water partition coefficient (Wildman–Crippen LogP) is 6.76. The van der Waals surface area contributed by atoms with Crippen molar-refractivity contribution >= 4 is 32.2 Å². The largest absolute Gasteiger partial charge is 0.497 e. The van der Waals surface area contributed by atoms with Crippen molar-refractivity contribution in [2.45, 2.75) is 13.8 Å². The molecule has 0 fully saturated rings. The molecular formula is C21H20OS. The molecule has 0 N–H and O–H groups in total. The summed E-state index contributed by atoms with van der Waals surface area (Å²) in [7, 11) is 1.70. The lowest BCUT2D eigenvalue weighted by Crippen LogP contribution is -1.82. The van der Waals surface area contributed by atoms with E-state index >= 15 is 0 Å². The first-order valence-electron chi connectivity index (χ1n) is 7.90. The van der Waals surface area contributed by atoms with Gasteiger partial charge in [-0.2, -0.15) is 0 Å². The minimum Gasteiger partial charge on any atom is -0.497 e. The first-order chi connectivity index (χ1) is 11.3. The third kappa shape index (κ3) is 3.08. The van der Waals surface area contributed by atoms with Crippen LogP contribution in [-0.4, -0.2) is 7.11 Å². The number of ether oxygens (including phenoxy) is 1. The van der Waals surface area contributed by atoms with Crippen molar-refractivity contribution in [3.63, 3.8) is 0 Å². The fourth-order valence-electron chi connectivity index (χ4n) is 2.63. The van der Waals surface area contributed by atoms with Crippen LogP contribution in [0.15, 0.2) is 66.7 Å². The van der Waals surface area contributed by atoms with Crippen molar-refractivity contribution in [3.8, 4) is 16.2 Å². The third-order valence-corrected chi connectivity index (χ3v) is 4.92. The summed E-state index contributed by atoms with van der Waals surface area (Å²) >= 11 is 1.84. The van der Waals surface area contributed by atoms with Crippen LogP contribution in [0.4, 0.5) is 0 Å². The molecule has 3 aromatic carbocycles. The van der Waals surface area contributed by atoms with Gasteiger partial charge in [0, 0.05) is 9.58 Å². The number of methoxy groups -OCH3 is 1. The maximum atomic E-state index is 5.28. The van der Waals surface area contributed by atoms with Gasteiger partial charge < -0.3 is 4.74 Å². The number of rotatable bonds is 2. The number of thiophene rings is 1. The summed E-state index contributed by atoms with van der Waals surface area (Å²) in [6, 6.07) is 23.6. The van der Waals surface area contributed by atoms with Gasteiger partial charge in [0.1, 0.15) is 5.75 Å². The molecule has 0 saturated carbocycles. The van der Waals surface area contributed by atoms with Gasteiger partial charge in [0.2, 0.25) is 0 Å². The molecule has 0 aliphatic carbocycles. The Hall–Kier alpha value is -2.32.